The minimum absolute atomic E-state index is 0.0117. The number of rotatable bonds is 9. The van der Waals surface area contributed by atoms with Crippen molar-refractivity contribution in [3.63, 3.8) is 0 Å². The van der Waals surface area contributed by atoms with Crippen LogP contribution in [-0.4, -0.2) is 32.9 Å². The lowest BCUT2D eigenvalue weighted by Gasteiger charge is -2.14. The second-order valence-electron chi connectivity index (χ2n) is 7.74. The number of hydrogen-bond acceptors (Lipinski definition) is 7. The van der Waals surface area contributed by atoms with Crippen molar-refractivity contribution in [1.82, 2.24) is 0 Å². The van der Waals surface area contributed by atoms with Crippen LogP contribution in [0.1, 0.15) is 5.76 Å². The van der Waals surface area contributed by atoms with Crippen molar-refractivity contribution >= 4 is 16.9 Å². The fraction of sp³-hybridized carbons (Fsp3) is 0.185. The highest BCUT2D eigenvalue weighted by atomic mass is 19.4. The molecule has 0 unspecified atom stereocenters. The number of fused-ring (bicyclic) bond motifs is 1. The molecule has 0 aliphatic heterocycles. The summed E-state index contributed by atoms with van der Waals surface area (Å²) in [7, 11) is 1.44. The first-order valence-corrected chi connectivity index (χ1v) is 11.0. The molecular weight excluding hydrogens is 493 g/mol. The van der Waals surface area contributed by atoms with Crippen LogP contribution in [-0.2, 0) is 20.4 Å². The van der Waals surface area contributed by atoms with Crippen LogP contribution in [0.2, 0.25) is 0 Å². The summed E-state index contributed by atoms with van der Waals surface area (Å²) >= 11 is 0. The number of carbonyl (C=O) groups is 1. The van der Waals surface area contributed by atoms with Gasteiger partial charge >= 0.3 is 12.1 Å². The maximum absolute atomic E-state index is 13.8. The molecule has 0 amide bonds. The van der Waals surface area contributed by atoms with Gasteiger partial charge < -0.3 is 23.4 Å². The maximum atomic E-state index is 13.8. The van der Waals surface area contributed by atoms with E-state index in [4.69, 9.17) is 23.4 Å². The average molecular weight is 514 g/mol. The smallest absolute Gasteiger partial charge is 0.453 e. The largest absolute Gasteiger partial charge is 0.482 e. The highest BCUT2D eigenvalue weighted by molar-refractivity contribution is 5.80. The second-order valence-corrected chi connectivity index (χ2v) is 7.74. The zero-order valence-electron chi connectivity index (χ0n) is 19.5. The van der Waals surface area contributed by atoms with Gasteiger partial charge in [0.05, 0.1) is 12.0 Å². The fourth-order valence-electron chi connectivity index (χ4n) is 3.41. The molecule has 0 fully saturated rings. The molecule has 0 N–H and O–H groups in total. The molecule has 4 rings (SSSR count). The molecule has 37 heavy (non-hydrogen) atoms. The van der Waals surface area contributed by atoms with E-state index in [1.54, 1.807) is 12.1 Å². The molecular formula is C27H21F3O7. The summed E-state index contributed by atoms with van der Waals surface area (Å²) < 4.78 is 66.8. The first-order chi connectivity index (χ1) is 17.8. The van der Waals surface area contributed by atoms with Gasteiger partial charge in [-0.3, -0.25) is 4.79 Å². The Hall–Kier alpha value is -4.31. The summed E-state index contributed by atoms with van der Waals surface area (Å²) in [5, 5.41) is -0.154. The van der Waals surface area contributed by atoms with Crippen LogP contribution in [0.15, 0.2) is 82.0 Å². The van der Waals surface area contributed by atoms with E-state index in [2.05, 4.69) is 0 Å². The number of methoxy groups -OCH3 is 1. The second kappa shape index (κ2) is 11.2. The van der Waals surface area contributed by atoms with Gasteiger partial charge in [-0.15, -0.1) is 0 Å². The first kappa shape index (κ1) is 25.8. The SMILES string of the molecule is COCCOC(=O)COc1ccc2c(=O)c(Oc3ccc(-c4ccccc4)cc3)c(C(F)(F)F)oc2c1. The maximum Gasteiger partial charge on any atom is 0.453 e. The van der Waals surface area contributed by atoms with Gasteiger partial charge in [0.15, 0.2) is 6.61 Å². The Balaban J connectivity index is 1.61. The summed E-state index contributed by atoms with van der Waals surface area (Å²) in [6.45, 7) is -0.265. The van der Waals surface area contributed by atoms with E-state index in [1.165, 1.54) is 31.4 Å². The fourth-order valence-corrected chi connectivity index (χ4v) is 3.41. The number of esters is 1. The topological polar surface area (TPSA) is 84.2 Å². The van der Waals surface area contributed by atoms with E-state index in [0.29, 0.717) is 0 Å². The summed E-state index contributed by atoms with van der Waals surface area (Å²) in [5.74, 6) is -3.23. The molecule has 0 aliphatic rings. The quantitative estimate of drug-likeness (QED) is 0.205. The third kappa shape index (κ3) is 6.28. The first-order valence-electron chi connectivity index (χ1n) is 11.0. The summed E-state index contributed by atoms with van der Waals surface area (Å²) in [4.78, 5) is 24.7. The van der Waals surface area contributed by atoms with Gasteiger partial charge in [-0.1, -0.05) is 42.5 Å². The third-order valence-electron chi connectivity index (χ3n) is 5.17. The Morgan fingerprint density at radius 2 is 1.57 bits per heavy atom. The Bertz CT molecular complexity index is 1430. The lowest BCUT2D eigenvalue weighted by Crippen LogP contribution is -2.17. The van der Waals surface area contributed by atoms with Gasteiger partial charge in [-0.25, -0.2) is 4.79 Å². The molecule has 1 aromatic heterocycles. The van der Waals surface area contributed by atoms with Crippen molar-refractivity contribution < 1.29 is 41.3 Å². The van der Waals surface area contributed by atoms with Gasteiger partial charge in [0.25, 0.3) is 5.76 Å². The molecule has 0 bridgehead atoms. The highest BCUT2D eigenvalue weighted by Gasteiger charge is 2.40. The van der Waals surface area contributed by atoms with Crippen LogP contribution in [0, 0.1) is 0 Å². The molecule has 1 heterocycles. The molecule has 0 atom stereocenters. The van der Waals surface area contributed by atoms with Crippen molar-refractivity contribution in [2.75, 3.05) is 26.9 Å². The van der Waals surface area contributed by atoms with Gasteiger partial charge in [0, 0.05) is 13.2 Å². The molecule has 10 heteroatoms. The minimum atomic E-state index is -5.02. The molecule has 0 spiro atoms. The monoisotopic (exact) mass is 514 g/mol. The van der Waals surface area contributed by atoms with Gasteiger partial charge in [0.1, 0.15) is 23.7 Å². The number of benzene rings is 3. The Kier molecular flexibility index (Phi) is 7.78. The average Bonchev–Trinajstić information content (AvgIpc) is 2.89. The Morgan fingerprint density at radius 1 is 0.892 bits per heavy atom. The summed E-state index contributed by atoms with van der Waals surface area (Å²) in [6.07, 6.45) is -5.02. The summed E-state index contributed by atoms with van der Waals surface area (Å²) in [6, 6.07) is 19.3. The highest BCUT2D eigenvalue weighted by Crippen LogP contribution is 2.39. The van der Waals surface area contributed by atoms with Crippen molar-refractivity contribution in [3.05, 3.63) is 88.8 Å². The standard InChI is InChI=1S/C27H21F3O7/c1-33-13-14-34-23(31)16-35-20-11-12-21-22(15-20)37-26(27(28,29)30)25(24(21)32)36-19-9-7-18(8-10-19)17-5-3-2-4-6-17/h2-12,15H,13-14,16H2,1H3. The van der Waals surface area contributed by atoms with Crippen molar-refractivity contribution in [2.24, 2.45) is 0 Å². The van der Waals surface area contributed by atoms with Gasteiger partial charge in [0.2, 0.25) is 11.2 Å². The van der Waals surface area contributed by atoms with Crippen LogP contribution in [0.4, 0.5) is 13.2 Å². The number of hydrogen-bond donors (Lipinski definition) is 0. The van der Waals surface area contributed by atoms with Gasteiger partial charge in [-0.2, -0.15) is 13.2 Å². The van der Waals surface area contributed by atoms with Crippen LogP contribution >= 0.6 is 0 Å². The van der Waals surface area contributed by atoms with Crippen LogP contribution < -0.4 is 14.9 Å². The van der Waals surface area contributed by atoms with E-state index in [0.717, 1.165) is 17.2 Å². The molecule has 7 nitrogen and oxygen atoms in total. The van der Waals surface area contributed by atoms with E-state index in [9.17, 15) is 22.8 Å². The number of ether oxygens (including phenoxy) is 4. The van der Waals surface area contributed by atoms with Crippen molar-refractivity contribution in [2.45, 2.75) is 6.18 Å². The zero-order valence-corrected chi connectivity index (χ0v) is 19.5. The molecule has 3 aromatic carbocycles. The van der Waals surface area contributed by atoms with Crippen LogP contribution in [0.3, 0.4) is 0 Å². The van der Waals surface area contributed by atoms with E-state index >= 15 is 0 Å². The molecule has 0 radical (unpaired) electrons. The Labute approximate surface area is 208 Å². The summed E-state index contributed by atoms with van der Waals surface area (Å²) in [5.41, 5.74) is 0.349. The molecule has 0 saturated heterocycles. The minimum Gasteiger partial charge on any atom is -0.482 e. The molecule has 0 aliphatic carbocycles. The van der Waals surface area contributed by atoms with E-state index < -0.39 is 35.7 Å². The zero-order chi connectivity index (χ0) is 26.4. The van der Waals surface area contributed by atoms with Gasteiger partial charge in [-0.05, 0) is 35.4 Å². The van der Waals surface area contributed by atoms with Crippen molar-refractivity contribution in [3.8, 4) is 28.4 Å². The predicted octanol–water partition coefficient (Wildman–Crippen LogP) is 5.84. The predicted molar refractivity (Wildman–Crippen MR) is 128 cm³/mol. The Morgan fingerprint density at radius 3 is 2.24 bits per heavy atom. The van der Waals surface area contributed by atoms with E-state index in [-0.39, 0.29) is 35.7 Å². The van der Waals surface area contributed by atoms with Crippen LogP contribution in [0.5, 0.6) is 17.2 Å². The van der Waals surface area contributed by atoms with Crippen LogP contribution in [0.25, 0.3) is 22.1 Å². The number of halogens is 3. The lowest BCUT2D eigenvalue weighted by molar-refractivity contribution is -0.154. The normalized spacial score (nSPS) is 11.4. The van der Waals surface area contributed by atoms with Crippen molar-refractivity contribution in [1.29, 1.82) is 0 Å². The molecule has 4 aromatic rings. The van der Waals surface area contributed by atoms with E-state index in [1.807, 2.05) is 30.3 Å². The molecule has 192 valence electrons. The number of carbonyl (C=O) groups excluding carboxylic acids is 1. The number of alkyl halides is 3. The molecule has 0 saturated carbocycles. The third-order valence-corrected chi connectivity index (χ3v) is 5.17. The lowest BCUT2D eigenvalue weighted by atomic mass is 10.1.